The Balaban J connectivity index is 1.99. The normalized spacial score (nSPS) is 12.3. The van der Waals surface area contributed by atoms with Crippen LogP contribution >= 0.6 is 11.6 Å². The predicted molar refractivity (Wildman–Crippen MR) is 90.9 cm³/mol. The monoisotopic (exact) mass is 312 g/mol. The Morgan fingerprint density at radius 1 is 1.27 bits per heavy atom. The van der Waals surface area contributed by atoms with E-state index in [0.29, 0.717) is 11.6 Å². The maximum atomic E-state index is 6.25. The van der Waals surface area contributed by atoms with Gasteiger partial charge in [0, 0.05) is 35.9 Å². The van der Waals surface area contributed by atoms with Gasteiger partial charge in [-0.25, -0.2) is 4.98 Å². The molecule has 0 saturated heterocycles. The first kappa shape index (κ1) is 14.8. The van der Waals surface area contributed by atoms with E-state index >= 15 is 0 Å². The minimum atomic E-state index is -0.118. The fourth-order valence-electron chi connectivity index (χ4n) is 2.36. The van der Waals surface area contributed by atoms with Gasteiger partial charge in [-0.2, -0.15) is 0 Å². The number of aromatic nitrogens is 2. The van der Waals surface area contributed by atoms with Gasteiger partial charge >= 0.3 is 0 Å². The van der Waals surface area contributed by atoms with E-state index in [2.05, 4.69) is 15.3 Å². The van der Waals surface area contributed by atoms with E-state index in [1.54, 1.807) is 6.20 Å². The Hall–Kier alpha value is -2.17. The Morgan fingerprint density at radius 3 is 2.86 bits per heavy atom. The highest BCUT2D eigenvalue weighted by Crippen LogP contribution is 2.28. The average molecular weight is 313 g/mol. The molecular weight excluding hydrogens is 296 g/mol. The van der Waals surface area contributed by atoms with E-state index in [4.69, 9.17) is 17.3 Å². The summed E-state index contributed by atoms with van der Waals surface area (Å²) in [4.78, 5) is 8.78. The molecule has 4 nitrogen and oxygen atoms in total. The molecule has 0 aliphatic rings. The van der Waals surface area contributed by atoms with Gasteiger partial charge in [-0.1, -0.05) is 29.8 Å². The molecule has 0 fully saturated rings. The number of nitrogens with two attached hydrogens (primary N) is 1. The summed E-state index contributed by atoms with van der Waals surface area (Å²) in [5, 5.41) is 4.97. The van der Waals surface area contributed by atoms with Gasteiger partial charge in [0.1, 0.15) is 5.82 Å². The van der Waals surface area contributed by atoms with E-state index in [-0.39, 0.29) is 6.04 Å². The number of para-hydroxylation sites is 1. The lowest BCUT2D eigenvalue weighted by Crippen LogP contribution is -2.12. The molecule has 0 bridgehead atoms. The van der Waals surface area contributed by atoms with E-state index in [1.807, 2.05) is 49.5 Å². The van der Waals surface area contributed by atoms with Gasteiger partial charge in [0.25, 0.3) is 0 Å². The number of rotatable bonds is 4. The third-order valence-electron chi connectivity index (χ3n) is 3.50. The first-order valence-electron chi connectivity index (χ1n) is 7.12. The zero-order chi connectivity index (χ0) is 15.5. The molecule has 0 radical (unpaired) electrons. The molecule has 0 amide bonds. The Labute approximate surface area is 134 Å². The number of anilines is 1. The SMILES string of the molecule is C[C@H](N)c1cc2cccc(Cl)c2nc1NCc1cccnc1. The van der Waals surface area contributed by atoms with E-state index < -0.39 is 0 Å². The standard InChI is InChI=1S/C17H17ClN4/c1-11(19)14-8-13-5-2-6-15(18)16(13)22-17(14)21-10-12-4-3-7-20-9-12/h2-9,11H,10,19H2,1H3,(H,21,22)/t11-/m0/s1. The number of halogens is 1. The quantitative estimate of drug-likeness (QED) is 0.766. The molecule has 22 heavy (non-hydrogen) atoms. The Kier molecular flexibility index (Phi) is 4.22. The molecule has 0 aliphatic carbocycles. The molecule has 1 aromatic carbocycles. The van der Waals surface area contributed by atoms with Gasteiger partial charge in [-0.3, -0.25) is 4.98 Å². The van der Waals surface area contributed by atoms with Gasteiger partial charge in [-0.15, -0.1) is 0 Å². The van der Waals surface area contributed by atoms with Crippen LogP contribution in [-0.4, -0.2) is 9.97 Å². The lowest BCUT2D eigenvalue weighted by Gasteiger charge is -2.15. The molecule has 0 saturated carbocycles. The van der Waals surface area contributed by atoms with Crippen molar-refractivity contribution in [3.63, 3.8) is 0 Å². The van der Waals surface area contributed by atoms with Crippen molar-refractivity contribution in [3.05, 3.63) is 64.9 Å². The van der Waals surface area contributed by atoms with Crippen LogP contribution in [0.2, 0.25) is 5.02 Å². The lowest BCUT2D eigenvalue weighted by molar-refractivity contribution is 0.814. The fraction of sp³-hybridized carbons (Fsp3) is 0.176. The molecule has 5 heteroatoms. The van der Waals surface area contributed by atoms with Crippen LogP contribution < -0.4 is 11.1 Å². The van der Waals surface area contributed by atoms with Crippen molar-refractivity contribution in [1.29, 1.82) is 0 Å². The summed E-state index contributed by atoms with van der Waals surface area (Å²) >= 11 is 6.25. The number of nitrogens with one attached hydrogen (secondary N) is 1. The second-order valence-corrected chi connectivity index (χ2v) is 5.65. The molecule has 1 atom stereocenters. The van der Waals surface area contributed by atoms with Crippen molar-refractivity contribution in [3.8, 4) is 0 Å². The highest BCUT2D eigenvalue weighted by molar-refractivity contribution is 6.35. The number of hydrogen-bond donors (Lipinski definition) is 2. The molecule has 3 N–H and O–H groups in total. The van der Waals surface area contributed by atoms with Crippen molar-refractivity contribution < 1.29 is 0 Å². The van der Waals surface area contributed by atoms with Crippen LogP contribution in [0.5, 0.6) is 0 Å². The summed E-state index contributed by atoms with van der Waals surface area (Å²) < 4.78 is 0. The fourth-order valence-corrected chi connectivity index (χ4v) is 2.58. The summed E-state index contributed by atoms with van der Waals surface area (Å²) in [6.07, 6.45) is 3.58. The number of fused-ring (bicyclic) bond motifs is 1. The van der Waals surface area contributed by atoms with Gasteiger partial charge in [0.15, 0.2) is 0 Å². The van der Waals surface area contributed by atoms with Gasteiger partial charge in [0.2, 0.25) is 0 Å². The molecule has 0 aliphatic heterocycles. The third kappa shape index (κ3) is 3.03. The van der Waals surface area contributed by atoms with Gasteiger partial charge in [0.05, 0.1) is 10.5 Å². The number of hydrogen-bond acceptors (Lipinski definition) is 4. The summed E-state index contributed by atoms with van der Waals surface area (Å²) in [5.74, 6) is 0.763. The van der Waals surface area contributed by atoms with Crippen LogP contribution in [0.3, 0.4) is 0 Å². The first-order valence-corrected chi connectivity index (χ1v) is 7.50. The zero-order valence-electron chi connectivity index (χ0n) is 12.3. The predicted octanol–water partition coefficient (Wildman–Crippen LogP) is 3.92. The smallest absolute Gasteiger partial charge is 0.131 e. The number of pyridine rings is 2. The maximum absolute atomic E-state index is 6.25. The minimum Gasteiger partial charge on any atom is -0.366 e. The molecule has 0 unspecified atom stereocenters. The molecule has 112 valence electrons. The largest absolute Gasteiger partial charge is 0.366 e. The van der Waals surface area contributed by atoms with Crippen molar-refractivity contribution in [2.45, 2.75) is 19.5 Å². The van der Waals surface area contributed by atoms with Crippen LogP contribution in [0.15, 0.2) is 48.8 Å². The summed E-state index contributed by atoms with van der Waals surface area (Å²) in [6.45, 7) is 2.58. The van der Waals surface area contributed by atoms with Gasteiger partial charge < -0.3 is 11.1 Å². The van der Waals surface area contributed by atoms with Crippen molar-refractivity contribution in [1.82, 2.24) is 9.97 Å². The van der Waals surface area contributed by atoms with Crippen molar-refractivity contribution >= 4 is 28.3 Å². The molecule has 2 aromatic heterocycles. The van der Waals surface area contributed by atoms with E-state index in [0.717, 1.165) is 27.8 Å². The van der Waals surface area contributed by atoms with Crippen LogP contribution in [0.1, 0.15) is 24.1 Å². The van der Waals surface area contributed by atoms with Gasteiger partial charge in [-0.05, 0) is 30.7 Å². The third-order valence-corrected chi connectivity index (χ3v) is 3.80. The Bertz CT molecular complexity index is 787. The highest BCUT2D eigenvalue weighted by atomic mass is 35.5. The lowest BCUT2D eigenvalue weighted by atomic mass is 10.1. The van der Waals surface area contributed by atoms with Crippen molar-refractivity contribution in [2.24, 2.45) is 5.73 Å². The number of benzene rings is 1. The van der Waals surface area contributed by atoms with Crippen LogP contribution in [0, 0.1) is 0 Å². The molecule has 3 aromatic rings. The minimum absolute atomic E-state index is 0.118. The van der Waals surface area contributed by atoms with E-state index in [9.17, 15) is 0 Å². The van der Waals surface area contributed by atoms with Crippen molar-refractivity contribution in [2.75, 3.05) is 5.32 Å². The highest BCUT2D eigenvalue weighted by Gasteiger charge is 2.12. The van der Waals surface area contributed by atoms with E-state index in [1.165, 1.54) is 0 Å². The summed E-state index contributed by atoms with van der Waals surface area (Å²) in [6, 6.07) is 11.6. The van der Waals surface area contributed by atoms with Crippen LogP contribution in [0.4, 0.5) is 5.82 Å². The molecule has 0 spiro atoms. The Morgan fingerprint density at radius 2 is 2.14 bits per heavy atom. The topological polar surface area (TPSA) is 63.8 Å². The molecular formula is C17H17ClN4. The van der Waals surface area contributed by atoms with Crippen LogP contribution in [0.25, 0.3) is 10.9 Å². The molecule has 2 heterocycles. The zero-order valence-corrected chi connectivity index (χ0v) is 13.0. The summed E-state index contributed by atoms with van der Waals surface area (Å²) in [7, 11) is 0. The second-order valence-electron chi connectivity index (χ2n) is 5.24. The van der Waals surface area contributed by atoms with Crippen LogP contribution in [-0.2, 0) is 6.54 Å². The molecule has 3 rings (SSSR count). The first-order chi connectivity index (χ1) is 10.6. The summed E-state index contributed by atoms with van der Waals surface area (Å²) in [5.41, 5.74) is 8.92. The second kappa shape index (κ2) is 6.30. The average Bonchev–Trinajstić information content (AvgIpc) is 2.53. The number of nitrogens with zero attached hydrogens (tertiary/aromatic N) is 2. The maximum Gasteiger partial charge on any atom is 0.131 e.